The molecule has 0 aliphatic carbocycles. The van der Waals surface area contributed by atoms with Crippen LogP contribution in [0.15, 0.2) is 36.4 Å². The number of rotatable bonds is 3. The molecule has 1 fully saturated rings. The number of hydrogen-bond acceptors (Lipinski definition) is 3. The van der Waals surface area contributed by atoms with Crippen molar-refractivity contribution in [3.8, 4) is 5.75 Å². The Labute approximate surface area is 151 Å². The van der Waals surface area contributed by atoms with E-state index in [1.165, 1.54) is 0 Å². The van der Waals surface area contributed by atoms with Gasteiger partial charge in [0.05, 0.1) is 6.54 Å². The first-order chi connectivity index (χ1) is 12.3. The number of carbonyl (C=O) groups excluding carboxylic acids is 1. The van der Waals surface area contributed by atoms with Crippen molar-refractivity contribution in [3.63, 3.8) is 0 Å². The van der Waals surface area contributed by atoms with E-state index in [4.69, 9.17) is 4.74 Å². The first kappa shape index (κ1) is 18.3. The van der Waals surface area contributed by atoms with Gasteiger partial charge in [-0.15, -0.1) is 0 Å². The molecule has 3 rings (SSSR count). The van der Waals surface area contributed by atoms with Crippen molar-refractivity contribution in [1.82, 2.24) is 4.90 Å². The molecule has 4 nitrogen and oxygen atoms in total. The molecule has 2 aromatic carbocycles. The van der Waals surface area contributed by atoms with Gasteiger partial charge in [0.1, 0.15) is 29.6 Å². The van der Waals surface area contributed by atoms with E-state index in [1.807, 2.05) is 26.0 Å². The number of hydrogen-bond donors (Lipinski definition) is 1. The molecule has 26 heavy (non-hydrogen) atoms. The van der Waals surface area contributed by atoms with Gasteiger partial charge in [0, 0.05) is 36.7 Å². The van der Waals surface area contributed by atoms with Crippen molar-refractivity contribution in [2.24, 2.45) is 0 Å². The first-order valence-electron chi connectivity index (χ1n) is 8.51. The van der Waals surface area contributed by atoms with Gasteiger partial charge >= 0.3 is 0 Å². The lowest BCUT2D eigenvalue weighted by Gasteiger charge is -2.36. The van der Waals surface area contributed by atoms with Gasteiger partial charge in [-0.1, -0.05) is 17.7 Å². The standard InChI is InChI=1S/C20H21F2NO3/c1-12-3-4-17(13(2)7-12)20(25)23-6-5-19(18(24)11-23)26-16-9-14(21)8-15(22)10-16/h3-4,7-10,18-19,24H,5-6,11H2,1-2H3/t18-,19-/m1/s1. The number of amides is 1. The molecular weight excluding hydrogens is 340 g/mol. The highest BCUT2D eigenvalue weighted by atomic mass is 19.1. The molecule has 1 N–H and O–H groups in total. The van der Waals surface area contributed by atoms with Crippen LogP contribution in [0.4, 0.5) is 8.78 Å². The maximum absolute atomic E-state index is 13.3. The van der Waals surface area contributed by atoms with Crippen LogP contribution in [0.25, 0.3) is 0 Å². The summed E-state index contributed by atoms with van der Waals surface area (Å²) in [6, 6.07) is 8.51. The minimum Gasteiger partial charge on any atom is -0.487 e. The van der Waals surface area contributed by atoms with E-state index >= 15 is 0 Å². The maximum Gasteiger partial charge on any atom is 0.254 e. The normalized spacial score (nSPS) is 20.1. The molecule has 0 aromatic heterocycles. The summed E-state index contributed by atoms with van der Waals surface area (Å²) in [6.45, 7) is 4.34. The molecule has 1 aliphatic heterocycles. The fourth-order valence-electron chi connectivity index (χ4n) is 3.23. The van der Waals surface area contributed by atoms with Crippen LogP contribution < -0.4 is 4.74 Å². The number of aliphatic hydroxyl groups excluding tert-OH is 1. The Morgan fingerprint density at radius 2 is 1.85 bits per heavy atom. The Bertz CT molecular complexity index is 804. The molecule has 0 spiro atoms. The molecular formula is C20H21F2NO3. The number of carbonyl (C=O) groups is 1. The highest BCUT2D eigenvalue weighted by Gasteiger charge is 2.32. The fourth-order valence-corrected chi connectivity index (χ4v) is 3.23. The molecule has 0 radical (unpaired) electrons. The van der Waals surface area contributed by atoms with Crippen molar-refractivity contribution in [1.29, 1.82) is 0 Å². The van der Waals surface area contributed by atoms with E-state index in [-0.39, 0.29) is 18.2 Å². The second-order valence-corrected chi connectivity index (χ2v) is 6.69. The summed E-state index contributed by atoms with van der Waals surface area (Å²) >= 11 is 0. The molecule has 0 bridgehead atoms. The van der Waals surface area contributed by atoms with E-state index in [0.717, 1.165) is 29.3 Å². The molecule has 2 aromatic rings. The summed E-state index contributed by atoms with van der Waals surface area (Å²) in [7, 11) is 0. The van der Waals surface area contributed by atoms with E-state index in [2.05, 4.69) is 0 Å². The second kappa shape index (κ2) is 7.41. The number of benzene rings is 2. The largest absolute Gasteiger partial charge is 0.487 e. The summed E-state index contributed by atoms with van der Waals surface area (Å²) < 4.78 is 32.1. The zero-order chi connectivity index (χ0) is 18.8. The minimum atomic E-state index is -0.940. The number of nitrogens with zero attached hydrogens (tertiary/aromatic N) is 1. The Morgan fingerprint density at radius 3 is 2.46 bits per heavy atom. The van der Waals surface area contributed by atoms with E-state index < -0.39 is 23.8 Å². The topological polar surface area (TPSA) is 49.8 Å². The van der Waals surface area contributed by atoms with E-state index in [9.17, 15) is 18.7 Å². The summed E-state index contributed by atoms with van der Waals surface area (Å²) in [4.78, 5) is 14.3. The monoisotopic (exact) mass is 361 g/mol. The van der Waals surface area contributed by atoms with Gasteiger partial charge in [-0.3, -0.25) is 4.79 Å². The fraction of sp³-hybridized carbons (Fsp3) is 0.350. The molecule has 0 unspecified atom stereocenters. The Kier molecular flexibility index (Phi) is 5.23. The lowest BCUT2D eigenvalue weighted by atomic mass is 10.0. The van der Waals surface area contributed by atoms with Crippen molar-refractivity contribution in [3.05, 3.63) is 64.7 Å². The smallest absolute Gasteiger partial charge is 0.254 e. The minimum absolute atomic E-state index is 0.0284. The first-order valence-corrected chi connectivity index (χ1v) is 8.51. The summed E-state index contributed by atoms with van der Waals surface area (Å²) in [6.07, 6.45) is -1.19. The molecule has 1 aliphatic rings. The van der Waals surface area contributed by atoms with Crippen molar-refractivity contribution in [2.75, 3.05) is 13.1 Å². The number of likely N-dealkylation sites (tertiary alicyclic amines) is 1. The van der Waals surface area contributed by atoms with Crippen LogP contribution in [-0.4, -0.2) is 41.2 Å². The van der Waals surface area contributed by atoms with Gasteiger partial charge in [-0.2, -0.15) is 0 Å². The maximum atomic E-state index is 13.3. The molecule has 1 saturated heterocycles. The third-order valence-corrected chi connectivity index (χ3v) is 4.54. The van der Waals surface area contributed by atoms with Gasteiger partial charge < -0.3 is 14.7 Å². The van der Waals surface area contributed by atoms with Crippen LogP contribution >= 0.6 is 0 Å². The number of ether oxygens (including phenoxy) is 1. The Morgan fingerprint density at radius 1 is 1.15 bits per heavy atom. The molecule has 2 atom stereocenters. The summed E-state index contributed by atoms with van der Waals surface area (Å²) in [5.41, 5.74) is 2.57. The number of halogens is 2. The van der Waals surface area contributed by atoms with Gasteiger partial charge in [0.15, 0.2) is 0 Å². The molecule has 0 saturated carbocycles. The molecule has 1 amide bonds. The van der Waals surface area contributed by atoms with E-state index in [1.54, 1.807) is 11.0 Å². The Hall–Kier alpha value is -2.47. The lowest BCUT2D eigenvalue weighted by Crippen LogP contribution is -2.51. The highest BCUT2D eigenvalue weighted by Crippen LogP contribution is 2.23. The van der Waals surface area contributed by atoms with Crippen LogP contribution in [0.5, 0.6) is 5.75 Å². The molecule has 6 heteroatoms. The lowest BCUT2D eigenvalue weighted by molar-refractivity contribution is -0.0201. The van der Waals surface area contributed by atoms with Crippen molar-refractivity contribution >= 4 is 5.91 Å². The van der Waals surface area contributed by atoms with E-state index in [0.29, 0.717) is 18.5 Å². The average Bonchev–Trinajstić information content (AvgIpc) is 2.55. The van der Waals surface area contributed by atoms with Gasteiger partial charge in [-0.05, 0) is 25.5 Å². The van der Waals surface area contributed by atoms with Crippen molar-refractivity contribution < 1.29 is 23.4 Å². The quantitative estimate of drug-likeness (QED) is 0.913. The van der Waals surface area contributed by atoms with Crippen LogP contribution in [0, 0.1) is 25.5 Å². The SMILES string of the molecule is Cc1ccc(C(=O)N2CC[C@@H](Oc3cc(F)cc(F)c3)[C@H](O)C2)c(C)c1. The predicted octanol–water partition coefficient (Wildman–Crippen LogP) is 3.24. The van der Waals surface area contributed by atoms with Crippen LogP contribution in [0.3, 0.4) is 0 Å². The van der Waals surface area contributed by atoms with Crippen LogP contribution in [-0.2, 0) is 0 Å². The highest BCUT2D eigenvalue weighted by molar-refractivity contribution is 5.95. The Balaban J connectivity index is 1.67. The summed E-state index contributed by atoms with van der Waals surface area (Å²) in [5, 5.41) is 10.3. The van der Waals surface area contributed by atoms with Crippen LogP contribution in [0.1, 0.15) is 27.9 Å². The number of piperidine rings is 1. The van der Waals surface area contributed by atoms with Gasteiger partial charge in [-0.25, -0.2) is 8.78 Å². The molecule has 1 heterocycles. The van der Waals surface area contributed by atoms with Gasteiger partial charge in [0.25, 0.3) is 5.91 Å². The summed E-state index contributed by atoms with van der Waals surface area (Å²) in [5.74, 6) is -1.59. The number of aryl methyl sites for hydroxylation is 2. The number of β-amino-alcohol motifs (C(OH)–C–C–N with tert-alkyl or cyclic N) is 1. The third-order valence-electron chi connectivity index (χ3n) is 4.54. The van der Waals surface area contributed by atoms with Crippen LogP contribution in [0.2, 0.25) is 0 Å². The zero-order valence-electron chi connectivity index (χ0n) is 14.7. The predicted molar refractivity (Wildman–Crippen MR) is 93.2 cm³/mol. The third kappa shape index (κ3) is 4.02. The van der Waals surface area contributed by atoms with Gasteiger partial charge in [0.2, 0.25) is 0 Å². The molecule has 138 valence electrons. The zero-order valence-corrected chi connectivity index (χ0v) is 14.7. The number of aliphatic hydroxyl groups is 1. The van der Waals surface area contributed by atoms with Crippen molar-refractivity contribution in [2.45, 2.75) is 32.5 Å². The average molecular weight is 361 g/mol. The second-order valence-electron chi connectivity index (χ2n) is 6.69.